The lowest BCUT2D eigenvalue weighted by Crippen LogP contribution is -2.32. The standard InChI is InChI=1S/C21H22N4O2/c1-24(2)18-10-8-17(9-11-18)21(27)22-14-15-25-20(26)13-12-19(23-25)16-6-4-3-5-7-16/h3-13H,14-15H2,1-2H3,(H,22,27). The van der Waals surface area contributed by atoms with Gasteiger partial charge < -0.3 is 10.2 Å². The van der Waals surface area contributed by atoms with E-state index in [1.807, 2.05) is 61.5 Å². The van der Waals surface area contributed by atoms with Gasteiger partial charge in [0, 0.05) is 43.5 Å². The number of rotatable bonds is 6. The molecule has 6 nitrogen and oxygen atoms in total. The Morgan fingerprint density at radius 2 is 1.70 bits per heavy atom. The number of carbonyl (C=O) groups is 1. The molecule has 0 saturated heterocycles. The highest BCUT2D eigenvalue weighted by atomic mass is 16.1. The van der Waals surface area contributed by atoms with E-state index < -0.39 is 0 Å². The van der Waals surface area contributed by atoms with Gasteiger partial charge in [-0.15, -0.1) is 0 Å². The lowest BCUT2D eigenvalue weighted by Gasteiger charge is -2.13. The molecule has 3 aromatic rings. The molecule has 1 N–H and O–H groups in total. The Morgan fingerprint density at radius 3 is 2.37 bits per heavy atom. The molecule has 0 radical (unpaired) electrons. The number of amides is 1. The number of carbonyl (C=O) groups excluding carboxylic acids is 1. The fourth-order valence-electron chi connectivity index (χ4n) is 2.66. The number of hydrogen-bond acceptors (Lipinski definition) is 4. The summed E-state index contributed by atoms with van der Waals surface area (Å²) in [5, 5.41) is 7.22. The molecular formula is C21H22N4O2. The van der Waals surface area contributed by atoms with Gasteiger partial charge in [0.1, 0.15) is 0 Å². The van der Waals surface area contributed by atoms with E-state index in [-0.39, 0.29) is 11.5 Å². The summed E-state index contributed by atoms with van der Waals surface area (Å²) in [5.74, 6) is -0.174. The van der Waals surface area contributed by atoms with Crippen LogP contribution in [0.25, 0.3) is 11.3 Å². The van der Waals surface area contributed by atoms with Gasteiger partial charge in [-0.05, 0) is 30.3 Å². The number of hydrogen-bond donors (Lipinski definition) is 1. The monoisotopic (exact) mass is 362 g/mol. The summed E-state index contributed by atoms with van der Waals surface area (Å²) in [6.07, 6.45) is 0. The van der Waals surface area contributed by atoms with E-state index in [1.165, 1.54) is 10.7 Å². The smallest absolute Gasteiger partial charge is 0.266 e. The van der Waals surface area contributed by atoms with E-state index in [4.69, 9.17) is 0 Å². The fraction of sp³-hybridized carbons (Fsp3) is 0.190. The maximum absolute atomic E-state index is 12.3. The first-order chi connectivity index (χ1) is 13.0. The first-order valence-corrected chi connectivity index (χ1v) is 8.74. The highest BCUT2D eigenvalue weighted by Crippen LogP contribution is 2.14. The zero-order chi connectivity index (χ0) is 19.2. The summed E-state index contributed by atoms with van der Waals surface area (Å²) >= 11 is 0. The van der Waals surface area contributed by atoms with Crippen molar-refractivity contribution < 1.29 is 4.79 Å². The van der Waals surface area contributed by atoms with Crippen molar-refractivity contribution in [2.45, 2.75) is 6.54 Å². The maximum atomic E-state index is 12.3. The molecule has 3 rings (SSSR count). The van der Waals surface area contributed by atoms with Gasteiger partial charge >= 0.3 is 0 Å². The van der Waals surface area contributed by atoms with Crippen LogP contribution < -0.4 is 15.8 Å². The first-order valence-electron chi connectivity index (χ1n) is 8.74. The molecule has 0 saturated carbocycles. The Balaban J connectivity index is 1.63. The average molecular weight is 362 g/mol. The molecule has 27 heavy (non-hydrogen) atoms. The summed E-state index contributed by atoms with van der Waals surface area (Å²) in [7, 11) is 3.90. The number of benzene rings is 2. The molecule has 0 aliphatic rings. The number of nitrogens with zero attached hydrogens (tertiary/aromatic N) is 3. The molecule has 0 aliphatic carbocycles. The van der Waals surface area contributed by atoms with Crippen LogP contribution in [0.3, 0.4) is 0 Å². The van der Waals surface area contributed by atoms with Gasteiger partial charge in [0.15, 0.2) is 0 Å². The third-order valence-corrected chi connectivity index (χ3v) is 4.19. The summed E-state index contributed by atoms with van der Waals surface area (Å²) < 4.78 is 1.37. The molecular weight excluding hydrogens is 340 g/mol. The van der Waals surface area contributed by atoms with Crippen molar-refractivity contribution in [1.82, 2.24) is 15.1 Å². The molecule has 0 bridgehead atoms. The third-order valence-electron chi connectivity index (χ3n) is 4.19. The predicted octanol–water partition coefficient (Wildman–Crippen LogP) is 2.41. The number of aromatic nitrogens is 2. The lowest BCUT2D eigenvalue weighted by atomic mass is 10.1. The molecule has 0 fully saturated rings. The molecule has 0 spiro atoms. The minimum Gasteiger partial charge on any atom is -0.378 e. The Kier molecular flexibility index (Phi) is 5.66. The SMILES string of the molecule is CN(C)c1ccc(C(=O)NCCn2nc(-c3ccccc3)ccc2=O)cc1. The van der Waals surface area contributed by atoms with Gasteiger partial charge in [-0.2, -0.15) is 5.10 Å². The third kappa shape index (κ3) is 4.61. The van der Waals surface area contributed by atoms with Gasteiger partial charge in [-0.1, -0.05) is 30.3 Å². The van der Waals surface area contributed by atoms with Gasteiger partial charge in [-0.3, -0.25) is 9.59 Å². The van der Waals surface area contributed by atoms with Crippen LogP contribution in [0.15, 0.2) is 71.5 Å². The minimum absolute atomic E-state index is 0.174. The van der Waals surface area contributed by atoms with Crippen molar-refractivity contribution in [1.29, 1.82) is 0 Å². The Bertz CT molecular complexity index is 963. The van der Waals surface area contributed by atoms with Gasteiger partial charge in [0.25, 0.3) is 11.5 Å². The summed E-state index contributed by atoms with van der Waals surface area (Å²) in [4.78, 5) is 26.3. The molecule has 1 aromatic heterocycles. The Morgan fingerprint density at radius 1 is 1.00 bits per heavy atom. The zero-order valence-corrected chi connectivity index (χ0v) is 15.4. The number of nitrogens with one attached hydrogen (secondary N) is 1. The van der Waals surface area contributed by atoms with Crippen LogP contribution in [0.2, 0.25) is 0 Å². The van der Waals surface area contributed by atoms with Crippen molar-refractivity contribution >= 4 is 11.6 Å². The van der Waals surface area contributed by atoms with Crippen LogP contribution in [0.5, 0.6) is 0 Å². The van der Waals surface area contributed by atoms with Crippen molar-refractivity contribution in [3.05, 3.63) is 82.6 Å². The normalized spacial score (nSPS) is 10.4. The summed E-state index contributed by atoms with van der Waals surface area (Å²) in [6, 6.07) is 20.2. The van der Waals surface area contributed by atoms with E-state index in [9.17, 15) is 9.59 Å². The molecule has 0 unspecified atom stereocenters. The first kappa shape index (κ1) is 18.4. The molecule has 0 aliphatic heterocycles. The summed E-state index contributed by atoms with van der Waals surface area (Å²) in [6.45, 7) is 0.625. The minimum atomic E-state index is -0.195. The average Bonchev–Trinajstić information content (AvgIpc) is 2.70. The molecule has 1 amide bonds. The Labute approximate surface area is 158 Å². The molecule has 138 valence electrons. The second-order valence-corrected chi connectivity index (χ2v) is 6.34. The Hall–Kier alpha value is -3.41. The topological polar surface area (TPSA) is 67.2 Å². The highest BCUT2D eigenvalue weighted by molar-refractivity contribution is 5.94. The van der Waals surface area contributed by atoms with E-state index in [2.05, 4.69) is 10.4 Å². The van der Waals surface area contributed by atoms with Gasteiger partial charge in [0.05, 0.1) is 12.2 Å². The van der Waals surface area contributed by atoms with E-state index >= 15 is 0 Å². The lowest BCUT2D eigenvalue weighted by molar-refractivity contribution is 0.0952. The maximum Gasteiger partial charge on any atom is 0.266 e. The quantitative estimate of drug-likeness (QED) is 0.731. The second-order valence-electron chi connectivity index (χ2n) is 6.34. The van der Waals surface area contributed by atoms with E-state index in [0.29, 0.717) is 18.7 Å². The van der Waals surface area contributed by atoms with Gasteiger partial charge in [0.2, 0.25) is 0 Å². The largest absolute Gasteiger partial charge is 0.378 e. The fourth-order valence-corrected chi connectivity index (χ4v) is 2.66. The van der Waals surface area contributed by atoms with Crippen LogP contribution in [-0.2, 0) is 6.54 Å². The van der Waals surface area contributed by atoms with Crippen molar-refractivity contribution in [3.63, 3.8) is 0 Å². The van der Waals surface area contributed by atoms with Crippen molar-refractivity contribution in [3.8, 4) is 11.3 Å². The van der Waals surface area contributed by atoms with Crippen molar-refractivity contribution in [2.75, 3.05) is 25.5 Å². The second kappa shape index (κ2) is 8.31. The molecule has 1 heterocycles. The summed E-state index contributed by atoms with van der Waals surface area (Å²) in [5.41, 5.74) is 3.08. The number of anilines is 1. The van der Waals surface area contributed by atoms with Crippen molar-refractivity contribution in [2.24, 2.45) is 0 Å². The van der Waals surface area contributed by atoms with Crippen LogP contribution in [-0.4, -0.2) is 36.3 Å². The molecule has 6 heteroatoms. The van der Waals surface area contributed by atoms with Crippen LogP contribution in [0, 0.1) is 0 Å². The van der Waals surface area contributed by atoms with Crippen LogP contribution in [0.4, 0.5) is 5.69 Å². The van der Waals surface area contributed by atoms with E-state index in [1.54, 1.807) is 18.2 Å². The van der Waals surface area contributed by atoms with Gasteiger partial charge in [-0.25, -0.2) is 4.68 Å². The molecule has 0 atom stereocenters. The predicted molar refractivity (Wildman–Crippen MR) is 107 cm³/mol. The molecule has 2 aromatic carbocycles. The van der Waals surface area contributed by atoms with Crippen LogP contribution in [0.1, 0.15) is 10.4 Å². The highest BCUT2D eigenvalue weighted by Gasteiger charge is 2.07. The zero-order valence-electron chi connectivity index (χ0n) is 15.4. The van der Waals surface area contributed by atoms with Crippen LogP contribution >= 0.6 is 0 Å². The van der Waals surface area contributed by atoms with E-state index in [0.717, 1.165) is 16.9 Å².